The van der Waals surface area contributed by atoms with Crippen molar-refractivity contribution >= 4 is 28.5 Å². The zero-order valence-electron chi connectivity index (χ0n) is 19.5. The van der Waals surface area contributed by atoms with Gasteiger partial charge in [-0.25, -0.2) is 0 Å². The highest BCUT2D eigenvalue weighted by atomic mass is 16.2. The van der Waals surface area contributed by atoms with Crippen molar-refractivity contribution in [1.29, 1.82) is 0 Å². The zero-order chi connectivity index (χ0) is 23.4. The Bertz CT molecular complexity index is 979. The van der Waals surface area contributed by atoms with Crippen molar-refractivity contribution < 1.29 is 14.4 Å². The van der Waals surface area contributed by atoms with Gasteiger partial charge in [-0.2, -0.15) is 0 Å². The van der Waals surface area contributed by atoms with E-state index in [0.29, 0.717) is 37.3 Å². The monoisotopic (exact) mass is 451 g/mol. The number of nitrogens with zero attached hydrogens (tertiary/aromatic N) is 4. The number of rotatable bonds is 9. The maximum atomic E-state index is 13.0. The molecule has 8 nitrogen and oxygen atoms in total. The Labute approximate surface area is 195 Å². The molecule has 1 N–H and O–H groups in total. The van der Waals surface area contributed by atoms with Crippen LogP contribution in [-0.2, 0) is 4.79 Å². The Morgan fingerprint density at radius 1 is 0.909 bits per heavy atom. The molecule has 4 rings (SSSR count). The first kappa shape index (κ1) is 23.4. The van der Waals surface area contributed by atoms with Crippen LogP contribution in [0.1, 0.15) is 27.1 Å². The van der Waals surface area contributed by atoms with E-state index >= 15 is 0 Å². The van der Waals surface area contributed by atoms with Gasteiger partial charge in [0.1, 0.15) is 0 Å². The first-order chi connectivity index (χ1) is 15.9. The van der Waals surface area contributed by atoms with Crippen LogP contribution in [0.25, 0.3) is 10.8 Å². The Hall–Kier alpha value is -2.81. The highest BCUT2D eigenvalue weighted by molar-refractivity contribution is 6.25. The maximum Gasteiger partial charge on any atom is 0.261 e. The van der Waals surface area contributed by atoms with E-state index in [1.165, 1.54) is 4.90 Å². The molecule has 3 amide bonds. The highest BCUT2D eigenvalue weighted by Gasteiger charge is 2.32. The summed E-state index contributed by atoms with van der Waals surface area (Å²) in [4.78, 5) is 46.1. The predicted molar refractivity (Wildman–Crippen MR) is 128 cm³/mol. The molecule has 0 atom stereocenters. The minimum Gasteiger partial charge on any atom is -0.355 e. The number of nitrogens with one attached hydrogen (secondary N) is 1. The lowest BCUT2D eigenvalue weighted by Gasteiger charge is -2.35. The van der Waals surface area contributed by atoms with Crippen LogP contribution >= 0.6 is 0 Å². The molecule has 8 heteroatoms. The number of carbonyl (C=O) groups excluding carboxylic acids is 3. The number of piperazine rings is 1. The molecule has 2 aliphatic heterocycles. The molecule has 176 valence electrons. The number of amides is 3. The summed E-state index contributed by atoms with van der Waals surface area (Å²) in [5.74, 6) is -0.359. The normalized spacial score (nSPS) is 17.2. The molecule has 0 spiro atoms. The van der Waals surface area contributed by atoms with Crippen molar-refractivity contribution in [2.45, 2.75) is 6.42 Å². The molecule has 0 unspecified atom stereocenters. The third-order valence-corrected chi connectivity index (χ3v) is 6.43. The molecule has 0 saturated carbocycles. The molecule has 2 aliphatic rings. The molecule has 0 bridgehead atoms. The molecule has 1 fully saturated rings. The van der Waals surface area contributed by atoms with Gasteiger partial charge in [0.15, 0.2) is 0 Å². The summed E-state index contributed by atoms with van der Waals surface area (Å²) >= 11 is 0. The minimum atomic E-state index is -0.214. The molecule has 0 radical (unpaired) electrons. The predicted octanol–water partition coefficient (Wildman–Crippen LogP) is 1.12. The fourth-order valence-electron chi connectivity index (χ4n) is 4.58. The van der Waals surface area contributed by atoms with Gasteiger partial charge in [-0.3, -0.25) is 29.1 Å². The van der Waals surface area contributed by atoms with Crippen molar-refractivity contribution in [2.24, 2.45) is 0 Å². The van der Waals surface area contributed by atoms with Gasteiger partial charge in [0.05, 0.1) is 6.54 Å². The fraction of sp³-hybridized carbons (Fsp3) is 0.480. The van der Waals surface area contributed by atoms with Gasteiger partial charge < -0.3 is 10.2 Å². The van der Waals surface area contributed by atoms with Crippen LogP contribution in [0, 0.1) is 0 Å². The molecule has 2 heterocycles. The molecule has 33 heavy (non-hydrogen) atoms. The van der Waals surface area contributed by atoms with Crippen LogP contribution in [-0.4, -0.2) is 110 Å². The smallest absolute Gasteiger partial charge is 0.261 e. The van der Waals surface area contributed by atoms with Crippen LogP contribution in [0.15, 0.2) is 36.4 Å². The Morgan fingerprint density at radius 2 is 1.52 bits per heavy atom. The second-order valence-electron chi connectivity index (χ2n) is 9.10. The lowest BCUT2D eigenvalue weighted by Crippen LogP contribution is -2.52. The van der Waals surface area contributed by atoms with Crippen LogP contribution in [0.2, 0.25) is 0 Å². The van der Waals surface area contributed by atoms with Crippen LogP contribution in [0.5, 0.6) is 0 Å². The summed E-state index contributed by atoms with van der Waals surface area (Å²) in [5.41, 5.74) is 1.20. The Kier molecular flexibility index (Phi) is 7.37. The summed E-state index contributed by atoms with van der Waals surface area (Å²) < 4.78 is 0. The van der Waals surface area contributed by atoms with E-state index in [2.05, 4.69) is 20.0 Å². The molecule has 2 aromatic rings. The molecular formula is C25H33N5O3. The van der Waals surface area contributed by atoms with E-state index in [4.69, 9.17) is 0 Å². The SMILES string of the molecule is CN(C)CCCNC(=O)CN1CCN(CCN2C(=O)c3cccc4cccc(c34)C2=O)CC1. The van der Waals surface area contributed by atoms with Gasteiger partial charge in [-0.05, 0) is 44.6 Å². The third-order valence-electron chi connectivity index (χ3n) is 6.43. The van der Waals surface area contributed by atoms with Crippen molar-refractivity contribution in [3.05, 3.63) is 47.5 Å². The van der Waals surface area contributed by atoms with Crippen molar-refractivity contribution in [3.8, 4) is 0 Å². The number of benzene rings is 2. The first-order valence-corrected chi connectivity index (χ1v) is 11.7. The topological polar surface area (TPSA) is 76.2 Å². The van der Waals surface area contributed by atoms with E-state index < -0.39 is 0 Å². The molecule has 0 aromatic heterocycles. The number of imide groups is 1. The van der Waals surface area contributed by atoms with Crippen molar-refractivity contribution in [2.75, 3.05) is 73.0 Å². The second kappa shape index (κ2) is 10.4. The van der Waals surface area contributed by atoms with E-state index in [0.717, 1.165) is 49.9 Å². The van der Waals surface area contributed by atoms with Gasteiger partial charge in [0.25, 0.3) is 11.8 Å². The molecule has 2 aromatic carbocycles. The standard InChI is InChI=1S/C25H33N5O3/c1-27(2)11-5-10-26-22(31)18-29-14-12-28(13-15-29)16-17-30-24(32)20-8-3-6-19-7-4-9-21(23(19)20)25(30)33/h3-4,6-9H,5,10-18H2,1-2H3,(H,26,31). The molecule has 0 aliphatic carbocycles. The number of carbonyl (C=O) groups is 3. The van der Waals surface area contributed by atoms with Crippen molar-refractivity contribution in [3.63, 3.8) is 0 Å². The minimum absolute atomic E-state index is 0.0690. The van der Waals surface area contributed by atoms with E-state index in [1.54, 1.807) is 12.1 Å². The Morgan fingerprint density at radius 3 is 2.12 bits per heavy atom. The maximum absolute atomic E-state index is 13.0. The van der Waals surface area contributed by atoms with Crippen molar-refractivity contribution in [1.82, 2.24) is 24.9 Å². The van der Waals surface area contributed by atoms with E-state index in [1.807, 2.05) is 38.4 Å². The lowest BCUT2D eigenvalue weighted by atomic mass is 9.94. The number of hydrogen-bond acceptors (Lipinski definition) is 6. The fourth-order valence-corrected chi connectivity index (χ4v) is 4.58. The Balaban J connectivity index is 1.25. The van der Waals surface area contributed by atoms with E-state index in [9.17, 15) is 14.4 Å². The average molecular weight is 452 g/mol. The molecule has 1 saturated heterocycles. The second-order valence-corrected chi connectivity index (χ2v) is 9.10. The van der Waals surface area contributed by atoms with Gasteiger partial charge >= 0.3 is 0 Å². The van der Waals surface area contributed by atoms with Gasteiger partial charge in [-0.15, -0.1) is 0 Å². The van der Waals surface area contributed by atoms with Gasteiger partial charge in [-0.1, -0.05) is 24.3 Å². The highest BCUT2D eigenvalue weighted by Crippen LogP contribution is 2.29. The lowest BCUT2D eigenvalue weighted by molar-refractivity contribution is -0.122. The van der Waals surface area contributed by atoms with E-state index in [-0.39, 0.29) is 17.7 Å². The number of hydrogen-bond donors (Lipinski definition) is 1. The third kappa shape index (κ3) is 5.40. The van der Waals surface area contributed by atoms with Gasteiger partial charge in [0.2, 0.25) is 5.91 Å². The molecular weight excluding hydrogens is 418 g/mol. The average Bonchev–Trinajstić information content (AvgIpc) is 2.81. The summed E-state index contributed by atoms with van der Waals surface area (Å²) in [6.07, 6.45) is 0.944. The summed E-state index contributed by atoms with van der Waals surface area (Å²) in [7, 11) is 4.05. The summed E-state index contributed by atoms with van der Waals surface area (Å²) in [6.45, 7) is 6.32. The largest absolute Gasteiger partial charge is 0.355 e. The van der Waals surface area contributed by atoms with Gasteiger partial charge in [0, 0.05) is 62.3 Å². The van der Waals surface area contributed by atoms with Crippen LogP contribution in [0.4, 0.5) is 0 Å². The first-order valence-electron chi connectivity index (χ1n) is 11.7. The van der Waals surface area contributed by atoms with Crippen LogP contribution < -0.4 is 5.32 Å². The summed E-state index contributed by atoms with van der Waals surface area (Å²) in [5, 5.41) is 4.67. The van der Waals surface area contributed by atoms with Crippen LogP contribution in [0.3, 0.4) is 0 Å². The quantitative estimate of drug-likeness (QED) is 0.455. The zero-order valence-corrected chi connectivity index (χ0v) is 19.5. The summed E-state index contributed by atoms with van der Waals surface area (Å²) in [6, 6.07) is 11.2.